The molecule has 0 N–H and O–H groups in total. The molecule has 2 aromatic rings. The molecule has 4 nitrogen and oxygen atoms in total. The molecule has 0 saturated heterocycles. The number of aromatic nitrogens is 1. The Kier molecular flexibility index (Phi) is 6.75. The largest absolute Gasteiger partial charge is 0.497 e. The summed E-state index contributed by atoms with van der Waals surface area (Å²) in [6.07, 6.45) is 6.38. The SMILES string of the molecule is CC/C=C(/C)C(=O)N(CC)[C@H](c1ccc(OC)cc1)c1cccnc1. The van der Waals surface area contributed by atoms with Crippen LogP contribution in [-0.2, 0) is 4.79 Å². The van der Waals surface area contributed by atoms with Crippen molar-refractivity contribution in [3.63, 3.8) is 0 Å². The minimum Gasteiger partial charge on any atom is -0.497 e. The second kappa shape index (κ2) is 9.02. The smallest absolute Gasteiger partial charge is 0.249 e. The van der Waals surface area contributed by atoms with Crippen molar-refractivity contribution in [2.75, 3.05) is 13.7 Å². The first-order valence-corrected chi connectivity index (χ1v) is 8.63. The maximum absolute atomic E-state index is 13.0. The van der Waals surface area contributed by atoms with Gasteiger partial charge in [-0.1, -0.05) is 31.2 Å². The number of methoxy groups -OCH3 is 1. The Balaban J connectivity index is 2.49. The zero-order valence-corrected chi connectivity index (χ0v) is 15.4. The van der Waals surface area contributed by atoms with E-state index in [4.69, 9.17) is 4.74 Å². The van der Waals surface area contributed by atoms with Crippen LogP contribution in [0.2, 0.25) is 0 Å². The number of benzene rings is 1. The average Bonchev–Trinajstić information content (AvgIpc) is 2.66. The number of allylic oxidation sites excluding steroid dienone is 1. The minimum atomic E-state index is -0.183. The van der Waals surface area contributed by atoms with Crippen molar-refractivity contribution in [3.8, 4) is 5.75 Å². The fourth-order valence-electron chi connectivity index (χ4n) is 2.94. The summed E-state index contributed by atoms with van der Waals surface area (Å²) in [7, 11) is 1.65. The minimum absolute atomic E-state index is 0.0500. The van der Waals surface area contributed by atoms with E-state index in [9.17, 15) is 4.79 Å². The van der Waals surface area contributed by atoms with Crippen LogP contribution < -0.4 is 4.74 Å². The number of rotatable bonds is 7. The first-order chi connectivity index (χ1) is 12.1. The van der Waals surface area contributed by atoms with Crippen molar-refractivity contribution in [1.82, 2.24) is 9.88 Å². The van der Waals surface area contributed by atoms with Gasteiger partial charge < -0.3 is 9.64 Å². The van der Waals surface area contributed by atoms with Crippen molar-refractivity contribution in [1.29, 1.82) is 0 Å². The highest BCUT2D eigenvalue weighted by Gasteiger charge is 2.26. The number of nitrogens with zero attached hydrogens (tertiary/aromatic N) is 2. The summed E-state index contributed by atoms with van der Waals surface area (Å²) < 4.78 is 5.26. The van der Waals surface area contributed by atoms with E-state index < -0.39 is 0 Å². The van der Waals surface area contributed by atoms with Crippen molar-refractivity contribution < 1.29 is 9.53 Å². The lowest BCUT2D eigenvalue weighted by Gasteiger charge is -2.32. The second-order valence-electron chi connectivity index (χ2n) is 5.85. The van der Waals surface area contributed by atoms with E-state index in [0.29, 0.717) is 6.54 Å². The number of likely N-dealkylation sites (N-methyl/N-ethyl adjacent to an activating group) is 1. The van der Waals surface area contributed by atoms with E-state index in [1.54, 1.807) is 13.3 Å². The van der Waals surface area contributed by atoms with Crippen LogP contribution in [0, 0.1) is 0 Å². The van der Waals surface area contributed by atoms with Crippen LogP contribution >= 0.6 is 0 Å². The number of carbonyl (C=O) groups excluding carboxylic acids is 1. The number of amides is 1. The Labute approximate surface area is 150 Å². The zero-order valence-electron chi connectivity index (χ0n) is 15.4. The molecule has 0 fully saturated rings. The van der Waals surface area contributed by atoms with Gasteiger partial charge in [-0.05, 0) is 49.6 Å². The molecule has 1 heterocycles. The van der Waals surface area contributed by atoms with E-state index in [-0.39, 0.29) is 11.9 Å². The first-order valence-electron chi connectivity index (χ1n) is 8.63. The summed E-state index contributed by atoms with van der Waals surface area (Å²) in [4.78, 5) is 19.1. The molecule has 0 unspecified atom stereocenters. The lowest BCUT2D eigenvalue weighted by Crippen LogP contribution is -2.36. The van der Waals surface area contributed by atoms with Gasteiger partial charge in [0.05, 0.1) is 13.2 Å². The van der Waals surface area contributed by atoms with Crippen LogP contribution in [0.5, 0.6) is 5.75 Å². The second-order valence-corrected chi connectivity index (χ2v) is 5.85. The van der Waals surface area contributed by atoms with Crippen LogP contribution in [0.25, 0.3) is 0 Å². The Morgan fingerprint density at radius 3 is 2.44 bits per heavy atom. The molecule has 0 spiro atoms. The van der Waals surface area contributed by atoms with Crippen LogP contribution in [-0.4, -0.2) is 29.4 Å². The van der Waals surface area contributed by atoms with Gasteiger partial charge in [0.1, 0.15) is 5.75 Å². The van der Waals surface area contributed by atoms with Gasteiger partial charge in [0.15, 0.2) is 0 Å². The van der Waals surface area contributed by atoms with Gasteiger partial charge in [0.2, 0.25) is 5.91 Å². The topological polar surface area (TPSA) is 42.4 Å². The third-order valence-electron chi connectivity index (χ3n) is 4.19. The van der Waals surface area contributed by atoms with Crippen LogP contribution in [0.15, 0.2) is 60.4 Å². The monoisotopic (exact) mass is 338 g/mol. The fourth-order valence-corrected chi connectivity index (χ4v) is 2.94. The van der Waals surface area contributed by atoms with Gasteiger partial charge in [0.25, 0.3) is 0 Å². The molecule has 0 radical (unpaired) electrons. The van der Waals surface area contributed by atoms with E-state index in [1.165, 1.54) is 0 Å². The van der Waals surface area contributed by atoms with Crippen molar-refractivity contribution in [2.45, 2.75) is 33.2 Å². The molecule has 0 saturated carbocycles. The molecule has 132 valence electrons. The van der Waals surface area contributed by atoms with Gasteiger partial charge in [-0.2, -0.15) is 0 Å². The summed E-state index contributed by atoms with van der Waals surface area (Å²) in [5.41, 5.74) is 2.80. The molecule has 1 aromatic heterocycles. The summed E-state index contributed by atoms with van der Waals surface area (Å²) in [6.45, 7) is 6.53. The van der Waals surface area contributed by atoms with Gasteiger partial charge in [-0.15, -0.1) is 0 Å². The van der Waals surface area contributed by atoms with E-state index in [0.717, 1.165) is 28.9 Å². The molecule has 2 rings (SSSR count). The van der Waals surface area contributed by atoms with E-state index in [1.807, 2.05) is 74.3 Å². The van der Waals surface area contributed by atoms with E-state index in [2.05, 4.69) is 4.98 Å². The summed E-state index contributed by atoms with van der Waals surface area (Å²) >= 11 is 0. The first kappa shape index (κ1) is 18.7. The number of hydrogen-bond acceptors (Lipinski definition) is 3. The predicted octanol–water partition coefficient (Wildman–Crippen LogP) is 4.38. The maximum atomic E-state index is 13.0. The fraction of sp³-hybridized carbons (Fsp3) is 0.333. The highest BCUT2D eigenvalue weighted by Crippen LogP contribution is 2.30. The van der Waals surface area contributed by atoms with Crippen molar-refractivity contribution in [3.05, 3.63) is 71.6 Å². The van der Waals surface area contributed by atoms with Gasteiger partial charge in [-0.3, -0.25) is 9.78 Å². The third-order valence-corrected chi connectivity index (χ3v) is 4.19. The van der Waals surface area contributed by atoms with Gasteiger partial charge in [-0.25, -0.2) is 0 Å². The third kappa shape index (κ3) is 4.47. The summed E-state index contributed by atoms with van der Waals surface area (Å²) in [5.74, 6) is 0.846. The lowest BCUT2D eigenvalue weighted by molar-refractivity contribution is -0.128. The number of hydrogen-bond donors (Lipinski definition) is 0. The standard InChI is InChI=1S/C21H26N2O2/c1-5-8-16(3)21(24)23(6-2)20(18-9-7-14-22-15-18)17-10-12-19(25-4)13-11-17/h7-15,20H,5-6H2,1-4H3/b16-8-/t20-/m1/s1. The molecule has 1 aromatic carbocycles. The Morgan fingerprint density at radius 2 is 1.92 bits per heavy atom. The quantitative estimate of drug-likeness (QED) is 0.703. The highest BCUT2D eigenvalue weighted by atomic mass is 16.5. The van der Waals surface area contributed by atoms with Crippen LogP contribution in [0.4, 0.5) is 0 Å². The molecule has 1 atom stereocenters. The zero-order chi connectivity index (χ0) is 18.2. The van der Waals surface area contributed by atoms with Crippen LogP contribution in [0.3, 0.4) is 0 Å². The predicted molar refractivity (Wildman–Crippen MR) is 101 cm³/mol. The molecule has 0 aliphatic heterocycles. The van der Waals surface area contributed by atoms with Crippen LogP contribution in [0.1, 0.15) is 44.4 Å². The molecule has 1 amide bonds. The van der Waals surface area contributed by atoms with Gasteiger partial charge in [0, 0.05) is 24.5 Å². The maximum Gasteiger partial charge on any atom is 0.249 e. The summed E-state index contributed by atoms with van der Waals surface area (Å²) in [6, 6.07) is 11.6. The summed E-state index contributed by atoms with van der Waals surface area (Å²) in [5, 5.41) is 0. The molecule has 0 bridgehead atoms. The number of ether oxygens (including phenoxy) is 1. The number of carbonyl (C=O) groups is 1. The molecular weight excluding hydrogens is 312 g/mol. The van der Waals surface area contributed by atoms with Crippen molar-refractivity contribution >= 4 is 5.91 Å². The van der Waals surface area contributed by atoms with E-state index >= 15 is 0 Å². The molecule has 4 heteroatoms. The molecule has 0 aliphatic carbocycles. The molecule has 25 heavy (non-hydrogen) atoms. The average molecular weight is 338 g/mol. The highest BCUT2D eigenvalue weighted by molar-refractivity contribution is 5.93. The molecular formula is C21H26N2O2. The Bertz CT molecular complexity index is 708. The Hall–Kier alpha value is -2.62. The number of pyridine rings is 1. The normalized spacial score (nSPS) is 12.6. The van der Waals surface area contributed by atoms with Crippen molar-refractivity contribution in [2.24, 2.45) is 0 Å². The Morgan fingerprint density at radius 1 is 1.20 bits per heavy atom. The van der Waals surface area contributed by atoms with Gasteiger partial charge >= 0.3 is 0 Å². The lowest BCUT2D eigenvalue weighted by atomic mass is 9.97. The molecule has 0 aliphatic rings.